The third-order valence-corrected chi connectivity index (χ3v) is 6.88. The molecule has 2 aromatic rings. The van der Waals surface area contributed by atoms with Gasteiger partial charge in [0.2, 0.25) is 5.91 Å². The second-order valence-electron chi connectivity index (χ2n) is 8.78. The third-order valence-electron chi connectivity index (χ3n) is 6.88. The second-order valence-corrected chi connectivity index (χ2v) is 8.78. The smallest absolute Gasteiger partial charge is 0.222 e. The zero-order chi connectivity index (χ0) is 20.3. The molecule has 2 heterocycles. The van der Waals surface area contributed by atoms with Gasteiger partial charge in [-0.3, -0.25) is 9.69 Å². The monoisotopic (exact) mass is 391 g/mol. The number of hydrogen-bond donors (Lipinski definition) is 0. The fourth-order valence-corrected chi connectivity index (χ4v) is 4.99. The fourth-order valence-electron chi connectivity index (χ4n) is 4.99. The van der Waals surface area contributed by atoms with Crippen LogP contribution in [0.2, 0.25) is 0 Å². The summed E-state index contributed by atoms with van der Waals surface area (Å²) in [5.74, 6) is 0.300. The summed E-state index contributed by atoms with van der Waals surface area (Å²) in [5.41, 5.74) is 2.50. The van der Waals surface area contributed by atoms with Crippen LogP contribution in [0.3, 0.4) is 0 Å². The van der Waals surface area contributed by atoms with Crippen molar-refractivity contribution in [3.63, 3.8) is 0 Å². The van der Waals surface area contributed by atoms with E-state index in [4.69, 9.17) is 0 Å². The van der Waals surface area contributed by atoms with Crippen molar-refractivity contribution < 1.29 is 4.79 Å². The Morgan fingerprint density at radius 3 is 2.00 bits per heavy atom. The first-order valence-corrected chi connectivity index (χ1v) is 10.9. The zero-order valence-corrected chi connectivity index (χ0v) is 17.8. The number of amides is 1. The summed E-state index contributed by atoms with van der Waals surface area (Å²) in [7, 11) is 2.18. The van der Waals surface area contributed by atoms with Gasteiger partial charge in [-0.15, -0.1) is 0 Å². The van der Waals surface area contributed by atoms with Gasteiger partial charge in [-0.05, 0) is 31.5 Å². The standard InChI is InChI=1S/C25H33N3O/c1-21(27-17-15-26(2)16-18-27)19-28-20-25(14-13-24(28)29,22-9-5-3-6-10-22)23-11-7-4-8-12-23/h3-12,21H,13-20H2,1-2H3/t21-/m0/s1. The van der Waals surface area contributed by atoms with Gasteiger partial charge in [0.05, 0.1) is 0 Å². The largest absolute Gasteiger partial charge is 0.340 e. The van der Waals surface area contributed by atoms with Crippen LogP contribution >= 0.6 is 0 Å². The zero-order valence-electron chi connectivity index (χ0n) is 17.8. The van der Waals surface area contributed by atoms with Crippen molar-refractivity contribution in [2.24, 2.45) is 0 Å². The van der Waals surface area contributed by atoms with Crippen molar-refractivity contribution in [1.82, 2.24) is 14.7 Å². The van der Waals surface area contributed by atoms with Crippen LogP contribution in [0.15, 0.2) is 60.7 Å². The SMILES string of the molecule is C[C@@H](CN1CC(c2ccccc2)(c2ccccc2)CCC1=O)N1CCN(C)CC1. The molecule has 0 unspecified atom stereocenters. The van der Waals surface area contributed by atoms with Crippen molar-refractivity contribution in [2.75, 3.05) is 46.3 Å². The van der Waals surface area contributed by atoms with E-state index in [0.717, 1.165) is 45.7 Å². The molecule has 154 valence electrons. The number of carbonyl (C=O) groups excluding carboxylic acids is 1. The quantitative estimate of drug-likeness (QED) is 0.783. The number of piperazine rings is 1. The lowest BCUT2D eigenvalue weighted by molar-refractivity contribution is -0.136. The van der Waals surface area contributed by atoms with E-state index < -0.39 is 0 Å². The molecule has 2 aromatic carbocycles. The molecule has 1 amide bonds. The first-order chi connectivity index (χ1) is 14.1. The van der Waals surface area contributed by atoms with Crippen molar-refractivity contribution >= 4 is 5.91 Å². The highest BCUT2D eigenvalue weighted by Crippen LogP contribution is 2.40. The molecule has 0 spiro atoms. The molecule has 2 saturated heterocycles. The summed E-state index contributed by atoms with van der Waals surface area (Å²) >= 11 is 0. The second kappa shape index (κ2) is 8.68. The average Bonchev–Trinajstić information content (AvgIpc) is 2.77. The molecular formula is C25H33N3O. The predicted molar refractivity (Wildman–Crippen MR) is 118 cm³/mol. The predicted octanol–water partition coefficient (Wildman–Crippen LogP) is 3.23. The highest BCUT2D eigenvalue weighted by atomic mass is 16.2. The molecule has 4 nitrogen and oxygen atoms in total. The Bertz CT molecular complexity index is 760. The maximum Gasteiger partial charge on any atom is 0.222 e. The van der Waals surface area contributed by atoms with E-state index >= 15 is 0 Å². The van der Waals surface area contributed by atoms with Crippen LogP contribution in [0.4, 0.5) is 0 Å². The number of likely N-dealkylation sites (N-methyl/N-ethyl adjacent to an activating group) is 1. The van der Waals surface area contributed by atoms with Crippen molar-refractivity contribution in [3.05, 3.63) is 71.8 Å². The maximum atomic E-state index is 12.9. The van der Waals surface area contributed by atoms with Crippen LogP contribution < -0.4 is 0 Å². The molecule has 0 bridgehead atoms. The Hall–Kier alpha value is -2.17. The third kappa shape index (κ3) is 4.24. The van der Waals surface area contributed by atoms with Crippen molar-refractivity contribution in [3.8, 4) is 0 Å². The minimum Gasteiger partial charge on any atom is -0.340 e. The maximum absolute atomic E-state index is 12.9. The Kier molecular flexibility index (Phi) is 6.02. The average molecular weight is 392 g/mol. The topological polar surface area (TPSA) is 26.8 Å². The molecule has 4 heteroatoms. The van der Waals surface area contributed by atoms with E-state index in [1.54, 1.807) is 0 Å². The molecule has 0 aliphatic carbocycles. The van der Waals surface area contributed by atoms with E-state index in [1.165, 1.54) is 11.1 Å². The van der Waals surface area contributed by atoms with Crippen LogP contribution in [0, 0.1) is 0 Å². The number of benzene rings is 2. The highest BCUT2D eigenvalue weighted by molar-refractivity contribution is 5.78. The molecule has 2 aliphatic rings. The minimum absolute atomic E-state index is 0.127. The summed E-state index contributed by atoms with van der Waals surface area (Å²) in [6.07, 6.45) is 1.48. The lowest BCUT2D eigenvalue weighted by Crippen LogP contribution is -2.55. The summed E-state index contributed by atoms with van der Waals surface area (Å²) < 4.78 is 0. The molecular weight excluding hydrogens is 358 g/mol. The number of piperidine rings is 1. The Balaban J connectivity index is 1.58. The van der Waals surface area contributed by atoms with Gasteiger partial charge in [-0.1, -0.05) is 60.7 Å². The molecule has 29 heavy (non-hydrogen) atoms. The van der Waals surface area contributed by atoms with Crippen LogP contribution in [-0.2, 0) is 10.2 Å². The lowest BCUT2D eigenvalue weighted by atomic mass is 9.69. The van der Waals surface area contributed by atoms with Crippen LogP contribution in [0.5, 0.6) is 0 Å². The van der Waals surface area contributed by atoms with Gasteiger partial charge in [0.15, 0.2) is 0 Å². The van der Waals surface area contributed by atoms with Gasteiger partial charge >= 0.3 is 0 Å². The highest BCUT2D eigenvalue weighted by Gasteiger charge is 2.42. The first kappa shape index (κ1) is 20.1. The first-order valence-electron chi connectivity index (χ1n) is 10.9. The minimum atomic E-state index is -0.127. The van der Waals surface area contributed by atoms with Crippen LogP contribution in [-0.4, -0.2) is 73.0 Å². The summed E-state index contributed by atoms with van der Waals surface area (Å²) in [6, 6.07) is 21.9. The lowest BCUT2D eigenvalue weighted by Gasteiger charge is -2.46. The number of nitrogens with zero attached hydrogens (tertiary/aromatic N) is 3. The van der Waals surface area contributed by atoms with Gasteiger partial charge in [0, 0.05) is 57.1 Å². The van der Waals surface area contributed by atoms with E-state index in [9.17, 15) is 4.79 Å². The molecule has 0 radical (unpaired) electrons. The number of carbonyl (C=O) groups is 1. The summed E-state index contributed by atoms with van der Waals surface area (Å²) in [6.45, 7) is 8.23. The Labute approximate surface area is 175 Å². The van der Waals surface area contributed by atoms with Gasteiger partial charge in [0.1, 0.15) is 0 Å². The molecule has 2 aliphatic heterocycles. The van der Waals surface area contributed by atoms with Gasteiger partial charge in [-0.25, -0.2) is 0 Å². The molecule has 0 aromatic heterocycles. The molecule has 0 N–H and O–H groups in total. The number of hydrogen-bond acceptors (Lipinski definition) is 3. The Morgan fingerprint density at radius 2 is 1.45 bits per heavy atom. The van der Waals surface area contributed by atoms with E-state index in [-0.39, 0.29) is 5.41 Å². The van der Waals surface area contributed by atoms with Crippen LogP contribution in [0.25, 0.3) is 0 Å². The van der Waals surface area contributed by atoms with E-state index in [1.807, 2.05) is 0 Å². The Morgan fingerprint density at radius 1 is 0.897 bits per heavy atom. The normalized spacial score (nSPS) is 21.9. The fraction of sp³-hybridized carbons (Fsp3) is 0.480. The van der Waals surface area contributed by atoms with Gasteiger partial charge < -0.3 is 9.80 Å². The summed E-state index contributed by atoms with van der Waals surface area (Å²) in [5, 5.41) is 0. The van der Waals surface area contributed by atoms with Gasteiger partial charge in [-0.2, -0.15) is 0 Å². The van der Waals surface area contributed by atoms with Gasteiger partial charge in [0.25, 0.3) is 0 Å². The van der Waals surface area contributed by atoms with E-state index in [0.29, 0.717) is 18.4 Å². The number of likely N-dealkylation sites (tertiary alicyclic amines) is 1. The molecule has 1 atom stereocenters. The van der Waals surface area contributed by atoms with Crippen molar-refractivity contribution in [2.45, 2.75) is 31.2 Å². The summed E-state index contributed by atoms with van der Waals surface area (Å²) in [4.78, 5) is 20.0. The molecule has 0 saturated carbocycles. The van der Waals surface area contributed by atoms with E-state index in [2.05, 4.69) is 89.3 Å². The number of rotatable bonds is 5. The molecule has 2 fully saturated rings. The van der Waals surface area contributed by atoms with Crippen molar-refractivity contribution in [1.29, 1.82) is 0 Å². The molecule has 4 rings (SSSR count). The van der Waals surface area contributed by atoms with Crippen LogP contribution in [0.1, 0.15) is 30.9 Å².